The van der Waals surface area contributed by atoms with E-state index < -0.39 is 0 Å². The molecule has 0 aromatic heterocycles. The largest absolute Gasteiger partial charge is 0.496 e. The number of carbonyl (C=O) groups is 2. The molecule has 2 aromatic rings. The second-order valence-electron chi connectivity index (χ2n) is 8.35. The molecule has 0 radical (unpaired) electrons. The van der Waals surface area contributed by atoms with Gasteiger partial charge < -0.3 is 19.5 Å². The van der Waals surface area contributed by atoms with Crippen LogP contribution in [0.2, 0.25) is 0 Å². The number of morpholine rings is 1. The molecule has 2 aromatic carbocycles. The molecule has 0 spiro atoms. The summed E-state index contributed by atoms with van der Waals surface area (Å²) in [4.78, 5) is 30.7. The fourth-order valence-electron chi connectivity index (χ4n) is 4.33. The van der Waals surface area contributed by atoms with Crippen molar-refractivity contribution in [3.63, 3.8) is 0 Å². The van der Waals surface area contributed by atoms with Crippen LogP contribution in [-0.2, 0) is 14.3 Å². The first-order valence-electron chi connectivity index (χ1n) is 11.5. The number of imide groups is 1. The average molecular weight is 466 g/mol. The number of methoxy groups -OCH3 is 2. The van der Waals surface area contributed by atoms with E-state index in [-0.39, 0.29) is 17.5 Å². The summed E-state index contributed by atoms with van der Waals surface area (Å²) in [7, 11) is 3.13. The van der Waals surface area contributed by atoms with Crippen LogP contribution >= 0.6 is 0 Å². The van der Waals surface area contributed by atoms with E-state index in [1.807, 2.05) is 37.3 Å². The van der Waals surface area contributed by atoms with Gasteiger partial charge in [0.05, 0.1) is 38.7 Å². The Labute approximate surface area is 200 Å². The van der Waals surface area contributed by atoms with Crippen LogP contribution in [0.25, 0.3) is 5.57 Å². The van der Waals surface area contributed by atoms with Crippen molar-refractivity contribution in [3.8, 4) is 11.5 Å². The average Bonchev–Trinajstić information content (AvgIpc) is 3.09. The molecule has 2 amide bonds. The number of amides is 2. The van der Waals surface area contributed by atoms with Crippen molar-refractivity contribution < 1.29 is 23.8 Å². The quantitative estimate of drug-likeness (QED) is 0.571. The normalized spacial score (nSPS) is 16.9. The van der Waals surface area contributed by atoms with Crippen molar-refractivity contribution in [1.82, 2.24) is 9.80 Å². The number of para-hydroxylation sites is 1. The van der Waals surface area contributed by atoms with E-state index >= 15 is 0 Å². The van der Waals surface area contributed by atoms with Crippen LogP contribution < -0.4 is 14.8 Å². The molecule has 34 heavy (non-hydrogen) atoms. The standard InChI is InChI=1S/C26H31N3O5/c1-18-9-10-22(33-3)20(17-18)27-24-23(19-7-4-5-8-21(19)32-2)25(30)29(26(24)31)12-6-11-28-13-15-34-16-14-28/h4-5,7-10,17,27H,6,11-16H2,1-3H3. The predicted molar refractivity (Wildman–Crippen MR) is 130 cm³/mol. The maximum absolute atomic E-state index is 13.6. The Balaban J connectivity index is 1.65. The number of nitrogens with zero attached hydrogens (tertiary/aromatic N) is 2. The maximum atomic E-state index is 13.6. The van der Waals surface area contributed by atoms with E-state index in [1.54, 1.807) is 26.4 Å². The van der Waals surface area contributed by atoms with Crippen LogP contribution in [0.4, 0.5) is 5.69 Å². The summed E-state index contributed by atoms with van der Waals surface area (Å²) in [6.07, 6.45) is 0.692. The van der Waals surface area contributed by atoms with Gasteiger partial charge in [0.25, 0.3) is 11.8 Å². The zero-order valence-corrected chi connectivity index (χ0v) is 19.9. The van der Waals surface area contributed by atoms with Crippen LogP contribution in [-0.4, -0.2) is 75.2 Å². The fraction of sp³-hybridized carbons (Fsp3) is 0.385. The number of hydrogen-bond donors (Lipinski definition) is 1. The molecule has 1 N–H and O–H groups in total. The molecular weight excluding hydrogens is 434 g/mol. The number of nitrogens with one attached hydrogen (secondary N) is 1. The molecule has 1 fully saturated rings. The fourth-order valence-corrected chi connectivity index (χ4v) is 4.33. The van der Waals surface area contributed by atoms with Gasteiger partial charge in [-0.1, -0.05) is 24.3 Å². The lowest BCUT2D eigenvalue weighted by Gasteiger charge is -2.27. The number of anilines is 1. The topological polar surface area (TPSA) is 80.3 Å². The minimum Gasteiger partial charge on any atom is -0.496 e. The van der Waals surface area contributed by atoms with Gasteiger partial charge in [-0.3, -0.25) is 19.4 Å². The predicted octanol–water partition coefficient (Wildman–Crippen LogP) is 2.93. The van der Waals surface area contributed by atoms with E-state index in [9.17, 15) is 9.59 Å². The molecule has 0 atom stereocenters. The van der Waals surface area contributed by atoms with Crippen molar-refractivity contribution in [2.24, 2.45) is 0 Å². The number of aryl methyl sites for hydroxylation is 1. The van der Waals surface area contributed by atoms with Crippen molar-refractivity contribution >= 4 is 23.1 Å². The Hall–Kier alpha value is -3.36. The molecule has 0 unspecified atom stereocenters. The highest BCUT2D eigenvalue weighted by atomic mass is 16.5. The van der Waals surface area contributed by atoms with Crippen molar-refractivity contribution in [1.29, 1.82) is 0 Å². The van der Waals surface area contributed by atoms with Crippen LogP contribution in [0.3, 0.4) is 0 Å². The first-order valence-corrected chi connectivity index (χ1v) is 11.5. The van der Waals surface area contributed by atoms with Crippen molar-refractivity contribution in [2.75, 3.05) is 58.9 Å². The number of ether oxygens (including phenoxy) is 3. The molecule has 4 rings (SSSR count). The van der Waals surface area contributed by atoms with Gasteiger partial charge in [-0.05, 0) is 37.1 Å². The van der Waals surface area contributed by atoms with Gasteiger partial charge in [0.2, 0.25) is 0 Å². The Kier molecular flexibility index (Phi) is 7.49. The zero-order chi connectivity index (χ0) is 24.1. The van der Waals surface area contributed by atoms with E-state index in [0.29, 0.717) is 54.5 Å². The van der Waals surface area contributed by atoms with Gasteiger partial charge >= 0.3 is 0 Å². The number of carbonyl (C=O) groups excluding carboxylic acids is 2. The third-order valence-corrected chi connectivity index (χ3v) is 6.12. The highest BCUT2D eigenvalue weighted by Gasteiger charge is 2.40. The first-order chi connectivity index (χ1) is 16.5. The second-order valence-corrected chi connectivity index (χ2v) is 8.35. The van der Waals surface area contributed by atoms with Crippen molar-refractivity contribution in [2.45, 2.75) is 13.3 Å². The van der Waals surface area contributed by atoms with Gasteiger partial charge in [0.1, 0.15) is 17.2 Å². The van der Waals surface area contributed by atoms with Crippen LogP contribution in [0.15, 0.2) is 48.2 Å². The minimum atomic E-state index is -0.351. The summed E-state index contributed by atoms with van der Waals surface area (Å²) in [5, 5.41) is 3.21. The molecule has 0 bridgehead atoms. The molecule has 2 heterocycles. The highest BCUT2D eigenvalue weighted by molar-refractivity contribution is 6.37. The highest BCUT2D eigenvalue weighted by Crippen LogP contribution is 2.37. The Bertz CT molecular complexity index is 1090. The third kappa shape index (κ3) is 4.93. The minimum absolute atomic E-state index is 0.227. The summed E-state index contributed by atoms with van der Waals surface area (Å²) in [5.74, 6) is 0.440. The number of rotatable bonds is 9. The summed E-state index contributed by atoms with van der Waals surface area (Å²) in [6, 6.07) is 12.9. The molecule has 0 saturated carbocycles. The smallest absolute Gasteiger partial charge is 0.278 e. The van der Waals surface area contributed by atoms with Crippen LogP contribution in [0.5, 0.6) is 11.5 Å². The van der Waals surface area contributed by atoms with E-state index in [4.69, 9.17) is 14.2 Å². The van der Waals surface area contributed by atoms with Gasteiger partial charge in [-0.2, -0.15) is 0 Å². The van der Waals surface area contributed by atoms with Gasteiger partial charge in [0.15, 0.2) is 0 Å². The molecule has 1 saturated heterocycles. The molecule has 2 aliphatic rings. The summed E-state index contributed by atoms with van der Waals surface area (Å²) >= 11 is 0. The van der Waals surface area contributed by atoms with E-state index in [2.05, 4.69) is 10.2 Å². The molecule has 2 aliphatic heterocycles. The zero-order valence-electron chi connectivity index (χ0n) is 19.9. The number of benzene rings is 2. The molecule has 8 nitrogen and oxygen atoms in total. The van der Waals surface area contributed by atoms with Gasteiger partial charge in [-0.25, -0.2) is 0 Å². The van der Waals surface area contributed by atoms with Crippen molar-refractivity contribution in [3.05, 3.63) is 59.3 Å². The molecule has 0 aliphatic carbocycles. The van der Waals surface area contributed by atoms with Crippen LogP contribution in [0.1, 0.15) is 17.5 Å². The lowest BCUT2D eigenvalue weighted by atomic mass is 10.0. The molecule has 180 valence electrons. The van der Waals surface area contributed by atoms with Gasteiger partial charge in [-0.15, -0.1) is 0 Å². The summed E-state index contributed by atoms with van der Waals surface area (Å²) in [5.41, 5.74) is 2.73. The summed E-state index contributed by atoms with van der Waals surface area (Å²) in [6.45, 7) is 6.27. The Morgan fingerprint density at radius 1 is 0.941 bits per heavy atom. The molecular formula is C26H31N3O5. The third-order valence-electron chi connectivity index (χ3n) is 6.12. The lowest BCUT2D eigenvalue weighted by Crippen LogP contribution is -2.39. The van der Waals surface area contributed by atoms with E-state index in [1.165, 1.54) is 4.90 Å². The number of hydrogen-bond acceptors (Lipinski definition) is 7. The molecule has 8 heteroatoms. The first kappa shape index (κ1) is 23.8. The monoisotopic (exact) mass is 465 g/mol. The van der Waals surface area contributed by atoms with E-state index in [0.717, 1.165) is 25.2 Å². The Morgan fingerprint density at radius 3 is 2.41 bits per heavy atom. The lowest BCUT2D eigenvalue weighted by molar-refractivity contribution is -0.136. The second kappa shape index (κ2) is 10.7. The Morgan fingerprint density at radius 2 is 1.68 bits per heavy atom. The maximum Gasteiger partial charge on any atom is 0.278 e. The SMILES string of the molecule is COc1ccc(C)cc1NC1=C(c2ccccc2OC)C(=O)N(CCCN2CCOCC2)C1=O. The van der Waals surface area contributed by atoms with Gasteiger partial charge in [0, 0.05) is 31.7 Å². The van der Waals surface area contributed by atoms with Crippen LogP contribution in [0, 0.1) is 6.92 Å². The summed E-state index contributed by atoms with van der Waals surface area (Å²) < 4.78 is 16.4.